The maximum absolute atomic E-state index is 13.8. The standard InChI is InChI=1S/C73H131N3O29/c1-6-8-9-10-11-12-13-14-15-16-17-18-19-20-21-22-27-30-33-36-54(84)75-47(48(80)35-32-29-26-24-23-25-28-31-34-44(3)7-2)41-98-69-65(93)63(91)61(89)53(102-69)42-100-72(70(94)95)38-52(57(74-46(5)79)67(104-72)60(88)51(83)40-78)103-73(71(96)97)37-49(81)56(66(105-73)59(87)50(82)39-77)76-55(85)43-99-68-64(92)62(90)58(86)45(4)101-68/h32,35,44-45,47-53,56-69,77-78,80-83,86-93H,6-31,33-34,36-43H2,1-5H3,(H,74,79)(H,75,84)(H,76,85)(H,94,95)(H,96,97)/b35-32+/t44?,45-,47-,48+,49-,50+,51+,52-,53+,56+,57+,58+,59+,60+,61+,62+,63-,64-,65+,66+,67+,68+,69+,72+,73+/m0/s1. The van der Waals surface area contributed by atoms with Gasteiger partial charge in [-0.05, 0) is 32.1 Å². The molecule has 4 heterocycles. The highest BCUT2D eigenvalue weighted by molar-refractivity contribution is 5.79. The van der Waals surface area contributed by atoms with Crippen LogP contribution in [0.2, 0.25) is 0 Å². The molecule has 0 aromatic rings. The Morgan fingerprint density at radius 3 is 1.56 bits per heavy atom. The van der Waals surface area contributed by atoms with Crippen LogP contribution in [0, 0.1) is 5.92 Å². The van der Waals surface area contributed by atoms with Crippen LogP contribution in [0.15, 0.2) is 12.2 Å². The van der Waals surface area contributed by atoms with Gasteiger partial charge in [0.25, 0.3) is 11.6 Å². The number of aliphatic hydroxyl groups excluding tert-OH is 14. The fourth-order valence-corrected chi connectivity index (χ4v) is 13.7. The number of aliphatic carboxylic acids is 2. The van der Waals surface area contributed by atoms with Crippen molar-refractivity contribution in [2.75, 3.05) is 33.0 Å². The number of hydrogen-bond acceptors (Lipinski definition) is 27. The van der Waals surface area contributed by atoms with Crippen molar-refractivity contribution in [3.05, 3.63) is 12.2 Å². The first-order valence-electron chi connectivity index (χ1n) is 38.6. The van der Waals surface area contributed by atoms with Crippen LogP contribution >= 0.6 is 0 Å². The highest BCUT2D eigenvalue weighted by Crippen LogP contribution is 2.42. The molecule has 4 rings (SSSR count). The second-order valence-corrected chi connectivity index (χ2v) is 29.3. The number of hydrogen-bond donors (Lipinski definition) is 19. The van der Waals surface area contributed by atoms with Crippen LogP contribution in [0.5, 0.6) is 0 Å². The number of carboxylic acid groups (broad SMARTS) is 2. The largest absolute Gasteiger partial charge is 0.477 e. The third kappa shape index (κ3) is 30.8. The second kappa shape index (κ2) is 49.5. The van der Waals surface area contributed by atoms with Crippen LogP contribution in [-0.4, -0.2) is 290 Å². The summed E-state index contributed by atoms with van der Waals surface area (Å²) in [7, 11) is 0. The zero-order valence-corrected chi connectivity index (χ0v) is 62.4. The predicted molar refractivity (Wildman–Crippen MR) is 377 cm³/mol. The molecule has 612 valence electrons. The Kier molecular flexibility index (Phi) is 44.1. The minimum Gasteiger partial charge on any atom is -0.477 e. The summed E-state index contributed by atoms with van der Waals surface area (Å²) in [4.78, 5) is 67.5. The van der Waals surface area contributed by atoms with Crippen molar-refractivity contribution in [3.8, 4) is 0 Å². The van der Waals surface area contributed by atoms with E-state index in [1.165, 1.54) is 109 Å². The highest BCUT2D eigenvalue weighted by Gasteiger charge is 2.63. The highest BCUT2D eigenvalue weighted by atomic mass is 16.8. The van der Waals surface area contributed by atoms with E-state index in [1.807, 2.05) is 0 Å². The number of carbonyl (C=O) groups is 5. The van der Waals surface area contributed by atoms with Gasteiger partial charge in [0.15, 0.2) is 12.6 Å². The molecule has 4 aliphatic heterocycles. The van der Waals surface area contributed by atoms with Gasteiger partial charge in [0.05, 0.1) is 69.0 Å². The number of aliphatic hydroxyl groups is 14. The first-order chi connectivity index (χ1) is 50.0. The second-order valence-electron chi connectivity index (χ2n) is 29.3. The monoisotopic (exact) mass is 1510 g/mol. The minimum atomic E-state index is -3.38. The molecule has 4 saturated heterocycles. The molecule has 0 aliphatic carbocycles. The third-order valence-electron chi connectivity index (χ3n) is 20.5. The average molecular weight is 1510 g/mol. The lowest BCUT2D eigenvalue weighted by Gasteiger charge is -2.52. The van der Waals surface area contributed by atoms with Crippen molar-refractivity contribution in [1.82, 2.24) is 16.0 Å². The Morgan fingerprint density at radius 1 is 0.562 bits per heavy atom. The number of carboxylic acids is 2. The molecule has 0 bridgehead atoms. The summed E-state index contributed by atoms with van der Waals surface area (Å²) in [5.41, 5.74) is 0. The fourth-order valence-electron chi connectivity index (χ4n) is 13.7. The van der Waals surface area contributed by atoms with Crippen molar-refractivity contribution < 1.29 is 144 Å². The summed E-state index contributed by atoms with van der Waals surface area (Å²) >= 11 is 0. The Balaban J connectivity index is 1.52. The molecule has 32 heteroatoms. The molecule has 0 aromatic carbocycles. The molecule has 0 aromatic heterocycles. The molecule has 4 fully saturated rings. The molecule has 25 atom stereocenters. The third-order valence-corrected chi connectivity index (χ3v) is 20.5. The van der Waals surface area contributed by atoms with Crippen LogP contribution < -0.4 is 16.0 Å². The summed E-state index contributed by atoms with van der Waals surface area (Å²) < 4.78 is 46.3. The van der Waals surface area contributed by atoms with Crippen molar-refractivity contribution >= 4 is 29.7 Å². The van der Waals surface area contributed by atoms with Crippen molar-refractivity contribution in [2.45, 2.75) is 380 Å². The lowest BCUT2D eigenvalue weighted by Crippen LogP contribution is -2.72. The van der Waals surface area contributed by atoms with Crippen molar-refractivity contribution in [3.63, 3.8) is 0 Å². The quantitative estimate of drug-likeness (QED) is 0.0302. The number of amides is 3. The summed E-state index contributed by atoms with van der Waals surface area (Å²) in [6, 6.07) is -5.15. The SMILES string of the molecule is CCCCCCCCCCCCCCCCCCCCCC(=O)N[C@@H](CO[C@@H]1O[C@H](CO[C@]2(C(=O)O)C[C@H](O[C@]3(C(=O)O)C[C@H](O)[C@@H](NC(=O)CO[C@@H]4O[C@@H](C)[C@@H](O)[C@@H](O)[C@@H]4O)[C@H]([C@H](O)[C@H](O)CO)O3)[C@@H](NC(C)=O)[C@H]([C@H](O)[C@H](O)CO)O2)[C@@H](O)[C@H](O)[C@H]1O)[C@H](O)/C=C/CCCCCCCCC(C)CC. The maximum Gasteiger partial charge on any atom is 0.364 e. The van der Waals surface area contributed by atoms with Gasteiger partial charge < -0.3 is 136 Å². The first kappa shape index (κ1) is 93.6. The van der Waals surface area contributed by atoms with E-state index in [0.717, 1.165) is 77.6 Å². The van der Waals surface area contributed by atoms with Crippen LogP contribution in [0.3, 0.4) is 0 Å². The first-order valence-corrected chi connectivity index (χ1v) is 38.6. The predicted octanol–water partition coefficient (Wildman–Crippen LogP) is 1.37. The molecular weight excluding hydrogens is 1380 g/mol. The summed E-state index contributed by atoms with van der Waals surface area (Å²) in [6.07, 6.45) is -5.41. The van der Waals surface area contributed by atoms with E-state index in [1.54, 1.807) is 6.08 Å². The lowest BCUT2D eigenvalue weighted by molar-refractivity contribution is -0.365. The van der Waals surface area contributed by atoms with E-state index >= 15 is 0 Å². The number of carbonyl (C=O) groups excluding carboxylic acids is 3. The van der Waals surface area contributed by atoms with Crippen molar-refractivity contribution in [2.24, 2.45) is 5.92 Å². The molecule has 105 heavy (non-hydrogen) atoms. The minimum absolute atomic E-state index is 0.116. The molecule has 19 N–H and O–H groups in total. The van der Waals surface area contributed by atoms with E-state index < -0.39 is 222 Å². The number of nitrogens with one attached hydrogen (secondary N) is 3. The fraction of sp³-hybridized carbons (Fsp3) is 0.904. The number of ether oxygens (including phenoxy) is 8. The van der Waals surface area contributed by atoms with E-state index in [4.69, 9.17) is 37.9 Å². The van der Waals surface area contributed by atoms with E-state index in [0.29, 0.717) is 18.8 Å². The molecule has 32 nitrogen and oxygen atoms in total. The van der Waals surface area contributed by atoms with E-state index in [9.17, 15) is 106 Å². The molecule has 4 aliphatic rings. The van der Waals surface area contributed by atoms with Crippen LogP contribution in [0.25, 0.3) is 0 Å². The number of unbranched alkanes of at least 4 members (excludes halogenated alkanes) is 24. The van der Waals surface area contributed by atoms with Gasteiger partial charge in [0.2, 0.25) is 17.7 Å². The molecule has 0 saturated carbocycles. The molecule has 1 unspecified atom stereocenters. The number of rotatable bonds is 54. The summed E-state index contributed by atoms with van der Waals surface area (Å²) in [5.74, 6) is -12.9. The van der Waals surface area contributed by atoms with Crippen LogP contribution in [0.1, 0.15) is 234 Å². The maximum atomic E-state index is 13.8. The van der Waals surface area contributed by atoms with Gasteiger partial charge >= 0.3 is 11.9 Å². The smallest absolute Gasteiger partial charge is 0.364 e. The van der Waals surface area contributed by atoms with Crippen molar-refractivity contribution in [1.29, 1.82) is 0 Å². The summed E-state index contributed by atoms with van der Waals surface area (Å²) in [6.45, 7) is 3.63. The Bertz CT molecular complexity index is 2480. The Morgan fingerprint density at radius 2 is 1.05 bits per heavy atom. The van der Waals surface area contributed by atoms with Gasteiger partial charge in [-0.1, -0.05) is 193 Å². The Hall–Kier alpha value is -3.79. The zero-order valence-electron chi connectivity index (χ0n) is 62.4. The molecule has 0 spiro atoms. The van der Waals surface area contributed by atoms with Crippen LogP contribution in [-0.2, 0) is 61.9 Å². The van der Waals surface area contributed by atoms with Crippen LogP contribution in [0.4, 0.5) is 0 Å². The molecule has 0 radical (unpaired) electrons. The van der Waals surface area contributed by atoms with E-state index in [2.05, 4.69) is 36.7 Å². The lowest BCUT2D eigenvalue weighted by atomic mass is 9.86. The average Bonchev–Trinajstić information content (AvgIpc) is 0.744. The molecule has 3 amide bonds. The van der Waals surface area contributed by atoms with E-state index in [-0.39, 0.29) is 6.42 Å². The van der Waals surface area contributed by atoms with Gasteiger partial charge in [0.1, 0.15) is 86.0 Å². The molecular formula is C73H131N3O29. The Labute approximate surface area is 617 Å². The topological polar surface area (TPSA) is 519 Å². The van der Waals surface area contributed by atoms with Gasteiger partial charge in [-0.15, -0.1) is 0 Å². The van der Waals surface area contributed by atoms with Gasteiger partial charge in [-0.25, -0.2) is 9.59 Å². The zero-order chi connectivity index (χ0) is 77.8. The number of allylic oxidation sites excluding steroid dienone is 1. The van der Waals surface area contributed by atoms with Gasteiger partial charge in [-0.3, -0.25) is 14.4 Å². The van der Waals surface area contributed by atoms with Gasteiger partial charge in [0, 0.05) is 26.2 Å². The summed E-state index contributed by atoms with van der Waals surface area (Å²) in [5, 5.41) is 182. The van der Waals surface area contributed by atoms with Gasteiger partial charge in [-0.2, -0.15) is 0 Å². The normalized spacial score (nSPS) is 31.5.